The molecule has 2 aliphatic heterocycles. The maximum Gasteiger partial charge on any atom is 0.306 e. The first kappa shape index (κ1) is 24.7. The summed E-state index contributed by atoms with van der Waals surface area (Å²) in [6.07, 6.45) is 7.63. The molecule has 3 rings (SSSR count). The highest BCUT2D eigenvalue weighted by atomic mass is 16.8. The Balaban J connectivity index is 1.47. The third-order valence-electron chi connectivity index (χ3n) is 5.83. The Morgan fingerprint density at radius 1 is 1.12 bits per heavy atom. The smallest absolute Gasteiger partial charge is 0.306 e. The highest BCUT2D eigenvalue weighted by Gasteiger charge is 2.51. The predicted octanol–water partition coefficient (Wildman–Crippen LogP) is 3.50. The maximum atomic E-state index is 12.4. The lowest BCUT2D eigenvalue weighted by Crippen LogP contribution is -2.63. The fourth-order valence-corrected chi connectivity index (χ4v) is 4.08. The Morgan fingerprint density at radius 3 is 2.56 bits per heavy atom. The summed E-state index contributed by atoms with van der Waals surface area (Å²) in [5.74, 6) is 2.27. The van der Waals surface area contributed by atoms with E-state index >= 15 is 0 Å². The van der Waals surface area contributed by atoms with Gasteiger partial charge in [-0.25, -0.2) is 0 Å². The highest BCUT2D eigenvalue weighted by molar-refractivity contribution is 5.69. The number of terminal acetylenes is 1. The number of ether oxygens (including phenoxy) is 5. The van der Waals surface area contributed by atoms with E-state index in [1.165, 1.54) is 7.11 Å². The molecule has 2 aliphatic rings. The van der Waals surface area contributed by atoms with Gasteiger partial charge < -0.3 is 28.8 Å². The molecule has 2 heterocycles. The summed E-state index contributed by atoms with van der Waals surface area (Å²) in [5, 5.41) is 11.0. The first-order chi connectivity index (χ1) is 15.6. The first-order valence-electron chi connectivity index (χ1n) is 11.5. The summed E-state index contributed by atoms with van der Waals surface area (Å²) in [5.41, 5.74) is 0.847. The van der Waals surface area contributed by atoms with Gasteiger partial charge >= 0.3 is 5.97 Å². The molecule has 0 spiro atoms. The molecule has 1 aromatic rings. The number of unbranched alkanes of at least 4 members (excludes halogenated alkanes) is 6. The number of benzene rings is 1. The highest BCUT2D eigenvalue weighted by Crippen LogP contribution is 2.35. The number of rotatable bonds is 11. The number of esters is 1. The lowest BCUT2D eigenvalue weighted by Gasteiger charge is -2.46. The van der Waals surface area contributed by atoms with Crippen LogP contribution in [0.1, 0.15) is 63.2 Å². The maximum absolute atomic E-state index is 12.4. The van der Waals surface area contributed by atoms with Crippen LogP contribution in [0.25, 0.3) is 0 Å². The number of aliphatic hydroxyl groups excluding tert-OH is 1. The molecule has 0 bridgehead atoms. The molecule has 7 nitrogen and oxygen atoms in total. The fraction of sp³-hybridized carbons (Fsp3) is 0.640. The molecule has 6 atom stereocenters. The summed E-state index contributed by atoms with van der Waals surface area (Å²) in [7, 11) is 1.45. The van der Waals surface area contributed by atoms with Gasteiger partial charge in [0.1, 0.15) is 18.3 Å². The zero-order chi connectivity index (χ0) is 22.8. The Bertz CT molecular complexity index is 732. The minimum Gasteiger partial charge on any atom is -0.454 e. The molecule has 1 aromatic carbocycles. The van der Waals surface area contributed by atoms with Crippen molar-refractivity contribution in [2.75, 3.05) is 13.7 Å². The van der Waals surface area contributed by atoms with Crippen LogP contribution in [0.2, 0.25) is 0 Å². The largest absolute Gasteiger partial charge is 0.454 e. The number of hydrogen-bond acceptors (Lipinski definition) is 7. The molecule has 32 heavy (non-hydrogen) atoms. The Morgan fingerprint density at radius 2 is 1.84 bits per heavy atom. The summed E-state index contributed by atoms with van der Waals surface area (Å²) >= 11 is 0. The van der Waals surface area contributed by atoms with E-state index in [4.69, 9.17) is 30.1 Å². The lowest BCUT2D eigenvalue weighted by atomic mass is 9.97. The quantitative estimate of drug-likeness (QED) is 0.316. The molecule has 0 aliphatic carbocycles. The van der Waals surface area contributed by atoms with Crippen molar-refractivity contribution in [1.82, 2.24) is 0 Å². The van der Waals surface area contributed by atoms with Crippen LogP contribution in [0, 0.1) is 12.3 Å². The minimum absolute atomic E-state index is 0.239. The van der Waals surface area contributed by atoms with Gasteiger partial charge in [0.25, 0.3) is 0 Å². The number of carbonyl (C=O) groups is 1. The average molecular weight is 447 g/mol. The fourth-order valence-electron chi connectivity index (χ4n) is 4.08. The number of carbonyl (C=O) groups excluding carboxylic acids is 1. The SMILES string of the molecule is C#CCCCCCCCCC(=O)O[C@H]1[C@@H](OC)O[C@@H]2COC(c3ccccc3)O[C@H]2[C@@H]1O. The van der Waals surface area contributed by atoms with Gasteiger partial charge in [0, 0.05) is 25.5 Å². The summed E-state index contributed by atoms with van der Waals surface area (Å²) in [6.45, 7) is 0.239. The standard InChI is InChI=1S/C25H34O7/c1-3-4-5-6-7-8-9-13-16-20(26)31-23-21(27)22-19(30-25(23)28-2)17-29-24(32-22)18-14-11-10-12-15-18/h1,10-12,14-15,19,21-25,27H,4-9,13,16-17H2,2H3/t19-,21+,22-,23-,24?,25+/m1/s1. The van der Waals surface area contributed by atoms with E-state index in [0.717, 1.165) is 50.5 Å². The Hall–Kier alpha value is -1.95. The molecule has 7 heteroatoms. The van der Waals surface area contributed by atoms with Crippen LogP contribution in [0.4, 0.5) is 0 Å². The molecule has 0 saturated carbocycles. The van der Waals surface area contributed by atoms with Crippen molar-refractivity contribution >= 4 is 5.97 Å². The van der Waals surface area contributed by atoms with Crippen LogP contribution in [-0.4, -0.2) is 55.5 Å². The van der Waals surface area contributed by atoms with Gasteiger partial charge in [-0.3, -0.25) is 4.79 Å². The third-order valence-corrected chi connectivity index (χ3v) is 5.83. The van der Waals surface area contributed by atoms with Gasteiger partial charge in [0.2, 0.25) is 0 Å². The van der Waals surface area contributed by atoms with Crippen molar-refractivity contribution in [1.29, 1.82) is 0 Å². The minimum atomic E-state index is -1.09. The van der Waals surface area contributed by atoms with E-state index in [-0.39, 0.29) is 19.0 Å². The topological polar surface area (TPSA) is 83.5 Å². The van der Waals surface area contributed by atoms with Crippen LogP contribution in [0.5, 0.6) is 0 Å². The summed E-state index contributed by atoms with van der Waals surface area (Å²) in [6, 6.07) is 9.48. The van der Waals surface area contributed by atoms with Crippen molar-refractivity contribution in [2.45, 2.75) is 88.4 Å². The number of fused-ring (bicyclic) bond motifs is 1. The van der Waals surface area contributed by atoms with Gasteiger partial charge in [0.05, 0.1) is 6.61 Å². The van der Waals surface area contributed by atoms with Crippen molar-refractivity contribution in [3.05, 3.63) is 35.9 Å². The molecular weight excluding hydrogens is 412 g/mol. The zero-order valence-corrected chi connectivity index (χ0v) is 18.7. The second kappa shape index (κ2) is 12.9. The van der Waals surface area contributed by atoms with Crippen LogP contribution >= 0.6 is 0 Å². The van der Waals surface area contributed by atoms with Crippen LogP contribution < -0.4 is 0 Å². The predicted molar refractivity (Wildman–Crippen MR) is 117 cm³/mol. The van der Waals surface area contributed by atoms with Gasteiger partial charge in [-0.1, -0.05) is 56.0 Å². The summed E-state index contributed by atoms with van der Waals surface area (Å²) in [4.78, 5) is 12.4. The molecule has 1 N–H and O–H groups in total. The lowest BCUT2D eigenvalue weighted by molar-refractivity contribution is -0.358. The van der Waals surface area contributed by atoms with E-state index in [0.29, 0.717) is 0 Å². The van der Waals surface area contributed by atoms with E-state index in [2.05, 4.69) is 5.92 Å². The van der Waals surface area contributed by atoms with Crippen molar-refractivity contribution < 1.29 is 33.6 Å². The van der Waals surface area contributed by atoms with E-state index < -0.39 is 37.0 Å². The van der Waals surface area contributed by atoms with Crippen LogP contribution in [-0.2, 0) is 28.5 Å². The van der Waals surface area contributed by atoms with E-state index in [9.17, 15) is 9.90 Å². The molecule has 0 radical (unpaired) electrons. The normalized spacial score (nSPS) is 29.7. The zero-order valence-electron chi connectivity index (χ0n) is 18.7. The van der Waals surface area contributed by atoms with E-state index in [1.807, 2.05) is 30.3 Å². The number of methoxy groups -OCH3 is 1. The monoisotopic (exact) mass is 446 g/mol. The Labute approximate surface area is 190 Å². The van der Waals surface area contributed by atoms with Crippen molar-refractivity contribution in [2.24, 2.45) is 0 Å². The van der Waals surface area contributed by atoms with Gasteiger partial charge in [-0.2, -0.15) is 0 Å². The van der Waals surface area contributed by atoms with E-state index in [1.54, 1.807) is 0 Å². The van der Waals surface area contributed by atoms with Gasteiger partial charge in [-0.15, -0.1) is 12.3 Å². The second-order valence-corrected chi connectivity index (χ2v) is 8.23. The van der Waals surface area contributed by atoms with Crippen LogP contribution in [0.15, 0.2) is 30.3 Å². The van der Waals surface area contributed by atoms with Crippen LogP contribution in [0.3, 0.4) is 0 Å². The molecule has 2 saturated heterocycles. The van der Waals surface area contributed by atoms with Gasteiger partial charge in [0.15, 0.2) is 18.7 Å². The molecule has 2 fully saturated rings. The molecule has 176 valence electrons. The molecule has 0 aromatic heterocycles. The molecule has 1 unspecified atom stereocenters. The molecule has 0 amide bonds. The van der Waals surface area contributed by atoms with Crippen molar-refractivity contribution in [3.8, 4) is 12.3 Å². The summed E-state index contributed by atoms with van der Waals surface area (Å²) < 4.78 is 28.5. The average Bonchev–Trinajstić information content (AvgIpc) is 2.82. The molecular formula is C25H34O7. The Kier molecular flexibility index (Phi) is 9.97. The second-order valence-electron chi connectivity index (χ2n) is 8.23. The third kappa shape index (κ3) is 6.77. The van der Waals surface area contributed by atoms with Gasteiger partial charge in [-0.05, 0) is 12.8 Å². The first-order valence-corrected chi connectivity index (χ1v) is 11.5. The number of aliphatic hydroxyl groups is 1. The number of hydrogen-bond donors (Lipinski definition) is 1. The van der Waals surface area contributed by atoms with Crippen molar-refractivity contribution in [3.63, 3.8) is 0 Å².